The number of imidazole rings is 1. The smallest absolute Gasteiger partial charge is 0.271 e. The van der Waals surface area contributed by atoms with Gasteiger partial charge in [-0.05, 0) is 49.2 Å². The summed E-state index contributed by atoms with van der Waals surface area (Å²) in [5, 5.41) is 14.3. The number of amides is 1. The minimum Gasteiger partial charge on any atom is -0.391 e. The molecule has 29 heavy (non-hydrogen) atoms. The minimum atomic E-state index is -0.519. The molecular weight excluding hydrogens is 409 g/mol. The zero-order valence-corrected chi connectivity index (χ0v) is 17.2. The third-order valence-electron chi connectivity index (χ3n) is 5.20. The quantitative estimate of drug-likeness (QED) is 0.620. The van der Waals surface area contributed by atoms with Crippen LogP contribution in [-0.4, -0.2) is 32.7 Å². The van der Waals surface area contributed by atoms with Crippen LogP contribution in [0.15, 0.2) is 54.7 Å². The van der Waals surface area contributed by atoms with Crippen molar-refractivity contribution in [3.63, 3.8) is 0 Å². The molecule has 2 atom stereocenters. The fourth-order valence-corrected chi connectivity index (χ4v) is 3.99. The first-order valence-electron chi connectivity index (χ1n) is 9.62. The molecule has 0 spiro atoms. The Morgan fingerprint density at radius 3 is 2.52 bits per heavy atom. The number of carbonyl (C=O) groups excluding carboxylic acids is 1. The number of nitrogens with zero attached hydrogens (tertiary/aromatic N) is 2. The molecule has 5 nitrogen and oxygen atoms in total. The molecule has 4 rings (SSSR count). The molecule has 1 amide bonds. The van der Waals surface area contributed by atoms with Crippen molar-refractivity contribution in [2.75, 3.05) is 0 Å². The number of nitrogens with one attached hydrogen (secondary N) is 1. The molecule has 1 saturated carbocycles. The lowest BCUT2D eigenvalue weighted by atomic mass is 9.92. The lowest BCUT2D eigenvalue weighted by molar-refractivity contribution is 0.0714. The molecule has 3 aromatic rings. The summed E-state index contributed by atoms with van der Waals surface area (Å²) >= 11 is 12.4. The Labute approximate surface area is 179 Å². The molecule has 0 radical (unpaired) electrons. The zero-order chi connectivity index (χ0) is 20.4. The van der Waals surface area contributed by atoms with E-state index in [0.717, 1.165) is 30.5 Å². The van der Waals surface area contributed by atoms with Crippen LogP contribution < -0.4 is 5.32 Å². The maximum Gasteiger partial charge on any atom is 0.271 e. The minimum absolute atomic E-state index is 0.249. The molecule has 0 aliphatic heterocycles. The number of rotatable bonds is 4. The summed E-state index contributed by atoms with van der Waals surface area (Å²) in [6, 6.07) is 14.4. The van der Waals surface area contributed by atoms with Crippen molar-refractivity contribution in [2.24, 2.45) is 0 Å². The van der Waals surface area contributed by atoms with Crippen molar-refractivity contribution >= 4 is 29.1 Å². The van der Waals surface area contributed by atoms with Crippen molar-refractivity contribution < 1.29 is 9.90 Å². The number of halogens is 2. The molecule has 2 N–H and O–H groups in total. The summed E-state index contributed by atoms with van der Waals surface area (Å²) in [7, 11) is 0. The Kier molecular flexibility index (Phi) is 5.90. The normalized spacial score (nSPS) is 19.1. The zero-order valence-electron chi connectivity index (χ0n) is 15.7. The fourth-order valence-electron chi connectivity index (χ4n) is 3.64. The molecule has 0 bridgehead atoms. The van der Waals surface area contributed by atoms with Crippen molar-refractivity contribution in [3.8, 4) is 17.1 Å². The van der Waals surface area contributed by atoms with Gasteiger partial charge in [0.1, 0.15) is 11.5 Å². The van der Waals surface area contributed by atoms with E-state index >= 15 is 0 Å². The van der Waals surface area contributed by atoms with Crippen LogP contribution >= 0.6 is 23.2 Å². The molecule has 7 heteroatoms. The number of aromatic nitrogens is 2. The lowest BCUT2D eigenvalue weighted by Gasteiger charge is -2.27. The van der Waals surface area contributed by atoms with Gasteiger partial charge in [0.15, 0.2) is 0 Å². The van der Waals surface area contributed by atoms with Crippen molar-refractivity contribution in [1.29, 1.82) is 0 Å². The van der Waals surface area contributed by atoms with Gasteiger partial charge in [-0.15, -0.1) is 0 Å². The summed E-state index contributed by atoms with van der Waals surface area (Å²) < 4.78 is 1.82. The average Bonchev–Trinajstić information content (AvgIpc) is 3.16. The van der Waals surface area contributed by atoms with Gasteiger partial charge >= 0.3 is 0 Å². The van der Waals surface area contributed by atoms with Gasteiger partial charge in [-0.25, -0.2) is 4.98 Å². The Hall–Kier alpha value is -2.34. The molecular formula is C22H21Cl2N3O2. The third kappa shape index (κ3) is 4.32. The molecule has 1 fully saturated rings. The Balaban J connectivity index is 1.72. The van der Waals surface area contributed by atoms with Gasteiger partial charge in [0, 0.05) is 22.5 Å². The first kappa shape index (κ1) is 20.0. The van der Waals surface area contributed by atoms with Crippen molar-refractivity contribution in [1.82, 2.24) is 14.9 Å². The van der Waals surface area contributed by atoms with Gasteiger partial charge in [-0.2, -0.15) is 0 Å². The highest BCUT2D eigenvalue weighted by molar-refractivity contribution is 6.33. The van der Waals surface area contributed by atoms with Crippen LogP contribution in [0.4, 0.5) is 0 Å². The summed E-state index contributed by atoms with van der Waals surface area (Å²) in [4.78, 5) is 17.5. The third-order valence-corrected chi connectivity index (χ3v) is 5.79. The van der Waals surface area contributed by atoms with E-state index < -0.39 is 6.10 Å². The summed E-state index contributed by atoms with van der Waals surface area (Å²) in [5.41, 5.74) is 1.81. The largest absolute Gasteiger partial charge is 0.391 e. The molecule has 1 aliphatic rings. The van der Waals surface area contributed by atoms with Crippen LogP contribution in [0.25, 0.3) is 17.1 Å². The van der Waals surface area contributed by atoms with E-state index in [1.807, 2.05) is 34.9 Å². The van der Waals surface area contributed by atoms with Crippen molar-refractivity contribution in [2.45, 2.75) is 37.8 Å². The monoisotopic (exact) mass is 429 g/mol. The fraction of sp³-hybridized carbons (Fsp3) is 0.273. The van der Waals surface area contributed by atoms with Crippen LogP contribution in [0, 0.1) is 0 Å². The highest BCUT2D eigenvalue weighted by atomic mass is 35.5. The molecule has 2 aromatic carbocycles. The highest BCUT2D eigenvalue weighted by Gasteiger charge is 2.26. The second-order valence-electron chi connectivity index (χ2n) is 7.21. The van der Waals surface area contributed by atoms with Gasteiger partial charge < -0.3 is 10.4 Å². The van der Waals surface area contributed by atoms with Crippen LogP contribution in [-0.2, 0) is 0 Å². The first-order valence-corrected chi connectivity index (χ1v) is 10.4. The first-order chi connectivity index (χ1) is 14.0. The summed E-state index contributed by atoms with van der Waals surface area (Å²) in [6.45, 7) is 0. The van der Waals surface area contributed by atoms with Gasteiger partial charge in [0.05, 0.1) is 17.2 Å². The van der Waals surface area contributed by atoms with Crippen LogP contribution in [0.2, 0.25) is 10.0 Å². The van der Waals surface area contributed by atoms with Crippen LogP contribution in [0.3, 0.4) is 0 Å². The number of benzene rings is 2. The Bertz CT molecular complexity index is 1020. The van der Waals surface area contributed by atoms with E-state index in [4.69, 9.17) is 23.2 Å². The Morgan fingerprint density at radius 1 is 1.07 bits per heavy atom. The topological polar surface area (TPSA) is 67.2 Å². The molecule has 0 saturated heterocycles. The molecule has 150 valence electrons. The predicted molar refractivity (Wildman–Crippen MR) is 115 cm³/mol. The summed E-state index contributed by atoms with van der Waals surface area (Å²) in [6.07, 6.45) is 4.61. The second kappa shape index (κ2) is 8.57. The standard InChI is InChI=1S/C22H21Cl2N3O2/c23-14-9-11-15(12-10-14)27-13-19(22(29)26-18-7-3-4-8-20(18)28)25-21(27)16-5-1-2-6-17(16)24/h1-2,5-6,9-13,18,20,28H,3-4,7-8H2,(H,26,29)/t18-,20-/m1/s1. The molecule has 1 aromatic heterocycles. The van der Waals surface area contributed by atoms with Gasteiger partial charge in [0.25, 0.3) is 5.91 Å². The molecule has 1 heterocycles. The maximum absolute atomic E-state index is 12.9. The number of aliphatic hydroxyl groups is 1. The Morgan fingerprint density at radius 2 is 1.79 bits per heavy atom. The van der Waals surface area contributed by atoms with E-state index in [2.05, 4.69) is 10.3 Å². The summed E-state index contributed by atoms with van der Waals surface area (Å²) in [5.74, 6) is 0.254. The molecule has 0 unspecified atom stereocenters. The van der Waals surface area contributed by atoms with E-state index in [1.54, 1.807) is 24.4 Å². The van der Waals surface area contributed by atoms with E-state index in [-0.39, 0.29) is 17.6 Å². The maximum atomic E-state index is 12.9. The lowest BCUT2D eigenvalue weighted by Crippen LogP contribution is -2.45. The number of hydrogen-bond donors (Lipinski definition) is 2. The van der Waals surface area contributed by atoms with E-state index in [1.165, 1.54) is 0 Å². The molecule has 1 aliphatic carbocycles. The van der Waals surface area contributed by atoms with Crippen LogP contribution in [0.1, 0.15) is 36.2 Å². The average molecular weight is 430 g/mol. The second-order valence-corrected chi connectivity index (χ2v) is 8.05. The van der Waals surface area contributed by atoms with Crippen LogP contribution in [0.5, 0.6) is 0 Å². The SMILES string of the molecule is O=C(N[C@@H]1CCCC[C@H]1O)c1cn(-c2ccc(Cl)cc2)c(-c2ccccc2Cl)n1. The van der Waals surface area contributed by atoms with E-state index in [0.29, 0.717) is 22.3 Å². The van der Waals surface area contributed by atoms with Gasteiger partial charge in [-0.1, -0.05) is 48.2 Å². The van der Waals surface area contributed by atoms with E-state index in [9.17, 15) is 9.90 Å². The highest BCUT2D eigenvalue weighted by Crippen LogP contribution is 2.30. The number of hydrogen-bond acceptors (Lipinski definition) is 3. The van der Waals surface area contributed by atoms with Crippen molar-refractivity contribution in [3.05, 3.63) is 70.5 Å². The number of aliphatic hydroxyl groups excluding tert-OH is 1. The predicted octanol–water partition coefficient (Wildman–Crippen LogP) is 4.88. The van der Waals surface area contributed by atoms with Gasteiger partial charge in [-0.3, -0.25) is 9.36 Å². The number of carbonyl (C=O) groups is 1. The van der Waals surface area contributed by atoms with Gasteiger partial charge in [0.2, 0.25) is 0 Å².